The van der Waals surface area contributed by atoms with Gasteiger partial charge in [-0.05, 0) is 35.3 Å². The molecule has 3 aromatic heterocycles. The summed E-state index contributed by atoms with van der Waals surface area (Å²) in [7, 11) is 0. The number of nitrogens with zero attached hydrogens (tertiary/aromatic N) is 5. The van der Waals surface area contributed by atoms with Gasteiger partial charge < -0.3 is 9.80 Å². The minimum atomic E-state index is -2.62. The summed E-state index contributed by atoms with van der Waals surface area (Å²) in [5.74, 6) is -2.02. The van der Waals surface area contributed by atoms with Gasteiger partial charge in [-0.1, -0.05) is 0 Å². The van der Waals surface area contributed by atoms with E-state index in [1.807, 2.05) is 11.4 Å². The van der Waals surface area contributed by atoms with Crippen LogP contribution in [0.5, 0.6) is 0 Å². The number of hydrogen-bond donors (Lipinski definition) is 0. The molecule has 0 spiro atoms. The molecule has 0 bridgehead atoms. The van der Waals surface area contributed by atoms with E-state index < -0.39 is 5.76 Å². The first-order valence-corrected chi connectivity index (χ1v) is 10.0. The summed E-state index contributed by atoms with van der Waals surface area (Å²) in [6, 6.07) is 5.13. The van der Waals surface area contributed by atoms with Crippen molar-refractivity contribution in [3.63, 3.8) is 0 Å². The number of pyridine rings is 1. The molecule has 0 N–H and O–H groups in total. The maximum absolute atomic E-state index is 12.8. The second-order valence-corrected chi connectivity index (χ2v) is 7.72. The molecule has 140 valence electrons. The first kappa shape index (κ1) is 18.1. The van der Waals surface area contributed by atoms with E-state index in [2.05, 4.69) is 19.9 Å². The average Bonchev–Trinajstić information content (AvgIpc) is 3.16. The number of carbonyl (C=O) groups excluding carboxylic acids is 1. The highest BCUT2D eigenvalue weighted by Gasteiger charge is 2.26. The molecule has 0 atom stereocenters. The lowest BCUT2D eigenvalue weighted by atomic mass is 10.2. The third kappa shape index (κ3) is 3.72. The van der Waals surface area contributed by atoms with Gasteiger partial charge in [0.25, 0.3) is 11.7 Å². The number of hydrogen-bond acceptors (Lipinski definition) is 7. The monoisotopic (exact) mass is 407 g/mol. The lowest BCUT2D eigenvalue weighted by Gasteiger charge is -2.35. The maximum Gasteiger partial charge on any atom is 0.290 e. The molecular formula is C17H15F2N5OS2. The van der Waals surface area contributed by atoms with Gasteiger partial charge in [-0.15, -0.1) is 11.3 Å². The summed E-state index contributed by atoms with van der Waals surface area (Å²) in [6.45, 7) is 2.21. The fourth-order valence-electron chi connectivity index (χ4n) is 3.05. The van der Waals surface area contributed by atoms with Gasteiger partial charge in [0.1, 0.15) is 22.0 Å². The van der Waals surface area contributed by atoms with Crippen LogP contribution in [-0.2, 0) is 0 Å². The Hall–Kier alpha value is -2.33. The number of rotatable bonds is 4. The predicted octanol–water partition coefficient (Wildman–Crippen LogP) is 3.36. The molecule has 0 unspecified atom stereocenters. The fraction of sp³-hybridized carbons (Fsp3) is 0.294. The largest absolute Gasteiger partial charge is 0.352 e. The summed E-state index contributed by atoms with van der Waals surface area (Å²) in [5, 5.41) is 3.05. The van der Waals surface area contributed by atoms with Crippen molar-refractivity contribution in [2.45, 2.75) is 10.8 Å². The second-order valence-electron chi connectivity index (χ2n) is 5.85. The molecule has 1 amide bonds. The van der Waals surface area contributed by atoms with E-state index in [1.54, 1.807) is 34.7 Å². The Morgan fingerprint density at radius 1 is 1.15 bits per heavy atom. The van der Waals surface area contributed by atoms with Crippen molar-refractivity contribution in [2.75, 3.05) is 31.1 Å². The van der Waals surface area contributed by atoms with Crippen LogP contribution in [0.25, 0.3) is 10.2 Å². The number of fused-ring (bicyclic) bond motifs is 1. The summed E-state index contributed by atoms with van der Waals surface area (Å²) in [6.07, 6.45) is 2.97. The van der Waals surface area contributed by atoms with Crippen molar-refractivity contribution >= 4 is 45.0 Å². The van der Waals surface area contributed by atoms with E-state index in [0.717, 1.165) is 16.0 Å². The third-order valence-electron chi connectivity index (χ3n) is 4.31. The quantitative estimate of drug-likeness (QED) is 0.618. The molecule has 1 aliphatic heterocycles. The van der Waals surface area contributed by atoms with Gasteiger partial charge in [-0.25, -0.2) is 15.0 Å². The zero-order chi connectivity index (χ0) is 18.8. The fourth-order valence-corrected chi connectivity index (χ4v) is 4.35. The second kappa shape index (κ2) is 7.73. The van der Waals surface area contributed by atoms with Crippen LogP contribution in [0.15, 0.2) is 41.1 Å². The standard InChI is InChI=1S/C17H15F2N5OS2/c18-17(19)27-15-12(2-1-4-20-15)16(25)24-7-5-23(6-8-24)13-11-3-9-26-14(11)22-10-21-13/h1-4,9-10,17H,5-8H2. The lowest BCUT2D eigenvalue weighted by Crippen LogP contribution is -2.49. The van der Waals surface area contributed by atoms with E-state index >= 15 is 0 Å². The number of carbonyl (C=O) groups is 1. The van der Waals surface area contributed by atoms with E-state index in [0.29, 0.717) is 37.9 Å². The van der Waals surface area contributed by atoms with Gasteiger partial charge in [-0.3, -0.25) is 4.79 Å². The third-order valence-corrected chi connectivity index (χ3v) is 5.86. The van der Waals surface area contributed by atoms with Crippen LogP contribution in [-0.4, -0.2) is 57.7 Å². The number of piperazine rings is 1. The van der Waals surface area contributed by atoms with Crippen LogP contribution < -0.4 is 4.90 Å². The molecule has 0 radical (unpaired) electrons. The molecule has 1 aliphatic rings. The molecule has 0 aliphatic carbocycles. The highest BCUT2D eigenvalue weighted by Crippen LogP contribution is 2.29. The average molecular weight is 407 g/mol. The van der Waals surface area contributed by atoms with Gasteiger partial charge in [0.15, 0.2) is 0 Å². The Labute approximate surface area is 162 Å². The molecule has 1 saturated heterocycles. The Bertz CT molecular complexity index is 959. The molecule has 0 saturated carbocycles. The maximum atomic E-state index is 12.8. The Balaban J connectivity index is 1.48. The van der Waals surface area contributed by atoms with Crippen molar-refractivity contribution in [3.8, 4) is 0 Å². The zero-order valence-electron chi connectivity index (χ0n) is 14.1. The van der Waals surface area contributed by atoms with Gasteiger partial charge in [0, 0.05) is 32.4 Å². The van der Waals surface area contributed by atoms with Crippen LogP contribution in [0.1, 0.15) is 10.4 Å². The topological polar surface area (TPSA) is 62.2 Å². The van der Waals surface area contributed by atoms with Crippen molar-refractivity contribution in [1.82, 2.24) is 19.9 Å². The van der Waals surface area contributed by atoms with Crippen LogP contribution in [0.3, 0.4) is 0 Å². The zero-order valence-corrected chi connectivity index (χ0v) is 15.7. The minimum Gasteiger partial charge on any atom is -0.352 e. The molecule has 10 heteroatoms. The van der Waals surface area contributed by atoms with E-state index in [9.17, 15) is 13.6 Å². The number of anilines is 1. The van der Waals surface area contributed by atoms with Gasteiger partial charge in [0.2, 0.25) is 0 Å². The predicted molar refractivity (Wildman–Crippen MR) is 102 cm³/mol. The van der Waals surface area contributed by atoms with Gasteiger partial charge in [-0.2, -0.15) is 8.78 Å². The SMILES string of the molecule is O=C(c1cccnc1SC(F)F)N1CCN(c2ncnc3sccc23)CC1. The number of alkyl halides is 2. The van der Waals surface area contributed by atoms with Crippen molar-refractivity contribution in [2.24, 2.45) is 0 Å². The van der Waals surface area contributed by atoms with Crippen LogP contribution in [0.4, 0.5) is 14.6 Å². The number of thiophene rings is 1. The van der Waals surface area contributed by atoms with E-state index in [-0.39, 0.29) is 16.5 Å². The lowest BCUT2D eigenvalue weighted by molar-refractivity contribution is 0.0742. The van der Waals surface area contributed by atoms with Crippen LogP contribution in [0, 0.1) is 0 Å². The smallest absolute Gasteiger partial charge is 0.290 e. The normalized spacial score (nSPS) is 14.9. The summed E-state index contributed by atoms with van der Waals surface area (Å²) >= 11 is 1.86. The minimum absolute atomic E-state index is 0.0655. The highest BCUT2D eigenvalue weighted by molar-refractivity contribution is 7.99. The van der Waals surface area contributed by atoms with E-state index in [1.165, 1.54) is 6.20 Å². The van der Waals surface area contributed by atoms with Crippen molar-refractivity contribution in [3.05, 3.63) is 41.7 Å². The summed E-state index contributed by atoms with van der Waals surface area (Å²) in [4.78, 5) is 30.1. The van der Waals surface area contributed by atoms with Gasteiger partial charge >= 0.3 is 0 Å². The molecule has 27 heavy (non-hydrogen) atoms. The molecule has 3 aromatic rings. The Kier molecular flexibility index (Phi) is 5.17. The first-order valence-electron chi connectivity index (χ1n) is 8.26. The number of aromatic nitrogens is 3. The van der Waals surface area contributed by atoms with Gasteiger partial charge in [0.05, 0.1) is 10.9 Å². The Morgan fingerprint density at radius 3 is 2.74 bits per heavy atom. The molecule has 1 fully saturated rings. The number of halogens is 2. The highest BCUT2D eigenvalue weighted by atomic mass is 32.2. The Morgan fingerprint density at radius 2 is 1.96 bits per heavy atom. The molecule has 4 heterocycles. The number of thioether (sulfide) groups is 1. The molecule has 6 nitrogen and oxygen atoms in total. The van der Waals surface area contributed by atoms with Crippen LogP contribution in [0.2, 0.25) is 0 Å². The number of amides is 1. The summed E-state index contributed by atoms with van der Waals surface area (Å²) in [5.41, 5.74) is 0.221. The van der Waals surface area contributed by atoms with Crippen molar-refractivity contribution < 1.29 is 13.6 Å². The first-order chi connectivity index (χ1) is 13.1. The van der Waals surface area contributed by atoms with E-state index in [4.69, 9.17) is 0 Å². The summed E-state index contributed by atoms with van der Waals surface area (Å²) < 4.78 is 25.5. The molecule has 0 aromatic carbocycles. The molecule has 4 rings (SSSR count). The van der Waals surface area contributed by atoms with Crippen molar-refractivity contribution in [1.29, 1.82) is 0 Å². The molecular weight excluding hydrogens is 392 g/mol. The van der Waals surface area contributed by atoms with Crippen LogP contribution >= 0.6 is 23.1 Å².